The molecule has 0 aliphatic carbocycles. The van der Waals surface area contributed by atoms with E-state index in [0.29, 0.717) is 18.0 Å². The molecule has 0 fully saturated rings. The van der Waals surface area contributed by atoms with Gasteiger partial charge >= 0.3 is 12.0 Å². The van der Waals surface area contributed by atoms with E-state index in [-0.39, 0.29) is 39.5 Å². The zero-order chi connectivity index (χ0) is 34.0. The van der Waals surface area contributed by atoms with Crippen molar-refractivity contribution in [2.45, 2.75) is 110 Å². The second kappa shape index (κ2) is 20.6. The number of carbonyl (C=O) groups excluding carboxylic acids is 4. The number of halogens is 2. The molecule has 2 aromatic carbocycles. The Morgan fingerprint density at radius 1 is 0.787 bits per heavy atom. The SMILES string of the molecule is CCCCCCCCCCCCCCCCOC(=O)c1cc(Cl)c(N2N=C(NC(=O)Nc3cccc(NC(C)=O)c3)CC2=O)c(Cl)c1. The van der Waals surface area contributed by atoms with Gasteiger partial charge in [0.2, 0.25) is 5.91 Å². The van der Waals surface area contributed by atoms with Gasteiger partial charge in [-0.1, -0.05) is 120 Å². The molecule has 0 radical (unpaired) electrons. The molecule has 3 N–H and O–H groups in total. The van der Waals surface area contributed by atoms with E-state index in [1.807, 2.05) is 0 Å². The number of nitrogens with zero attached hydrogens (tertiary/aromatic N) is 2. The van der Waals surface area contributed by atoms with E-state index in [2.05, 4.69) is 28.0 Å². The smallest absolute Gasteiger partial charge is 0.338 e. The molecule has 2 aromatic rings. The molecule has 0 atom stereocenters. The second-order valence-electron chi connectivity index (χ2n) is 11.8. The highest BCUT2D eigenvalue weighted by Crippen LogP contribution is 2.37. The molecule has 47 heavy (non-hydrogen) atoms. The molecule has 0 saturated carbocycles. The summed E-state index contributed by atoms with van der Waals surface area (Å²) >= 11 is 12.9. The van der Waals surface area contributed by atoms with Crippen molar-refractivity contribution < 1.29 is 23.9 Å². The van der Waals surface area contributed by atoms with E-state index in [0.717, 1.165) is 24.3 Å². The Morgan fingerprint density at radius 3 is 1.87 bits per heavy atom. The van der Waals surface area contributed by atoms with Crippen molar-refractivity contribution in [1.82, 2.24) is 5.32 Å². The predicted octanol–water partition coefficient (Wildman–Crippen LogP) is 9.46. The van der Waals surface area contributed by atoms with Crippen LogP contribution in [0.1, 0.15) is 121 Å². The number of nitrogens with one attached hydrogen (secondary N) is 3. The number of rotatable bonds is 19. The third kappa shape index (κ3) is 13.6. The normalized spacial score (nSPS) is 12.6. The lowest BCUT2D eigenvalue weighted by Crippen LogP contribution is -2.33. The maximum atomic E-state index is 12.8. The van der Waals surface area contributed by atoms with E-state index < -0.39 is 17.9 Å². The van der Waals surface area contributed by atoms with Crippen LogP contribution < -0.4 is 21.0 Å². The monoisotopic (exact) mass is 687 g/mol. The number of benzene rings is 2. The highest BCUT2D eigenvalue weighted by Gasteiger charge is 2.30. The fourth-order valence-electron chi connectivity index (χ4n) is 5.28. The molecule has 10 nitrogen and oxygen atoms in total. The first-order chi connectivity index (χ1) is 22.7. The summed E-state index contributed by atoms with van der Waals surface area (Å²) in [6, 6.07) is 8.72. The summed E-state index contributed by atoms with van der Waals surface area (Å²) in [5.41, 5.74) is 1.21. The molecule has 0 saturated heterocycles. The molecule has 0 unspecified atom stereocenters. The van der Waals surface area contributed by atoms with Crippen molar-refractivity contribution in [3.63, 3.8) is 0 Å². The number of amidine groups is 1. The molecule has 1 aliphatic rings. The summed E-state index contributed by atoms with van der Waals surface area (Å²) < 4.78 is 5.43. The number of ether oxygens (including phenoxy) is 1. The number of hydrogen-bond acceptors (Lipinski definition) is 6. The van der Waals surface area contributed by atoms with Crippen LogP contribution >= 0.6 is 23.2 Å². The van der Waals surface area contributed by atoms with Crippen molar-refractivity contribution in [3.05, 3.63) is 52.0 Å². The minimum absolute atomic E-state index is 0.0403. The van der Waals surface area contributed by atoms with E-state index in [1.165, 1.54) is 89.7 Å². The van der Waals surface area contributed by atoms with Crippen molar-refractivity contribution in [2.24, 2.45) is 5.10 Å². The van der Waals surface area contributed by atoms with Gasteiger partial charge in [-0.15, -0.1) is 0 Å². The summed E-state index contributed by atoms with van der Waals surface area (Å²) in [5, 5.41) is 13.1. The molecule has 3 rings (SSSR count). The van der Waals surface area contributed by atoms with Crippen molar-refractivity contribution in [2.75, 3.05) is 22.2 Å². The highest BCUT2D eigenvalue weighted by atomic mass is 35.5. The van der Waals surface area contributed by atoms with Gasteiger partial charge in [0.25, 0.3) is 5.91 Å². The molecular weight excluding hydrogens is 641 g/mol. The summed E-state index contributed by atoms with van der Waals surface area (Å²) in [6.07, 6.45) is 17.3. The Bertz CT molecular complexity index is 1380. The minimum atomic E-state index is -0.632. The molecule has 256 valence electrons. The van der Waals surface area contributed by atoms with Crippen LogP contribution in [0.25, 0.3) is 0 Å². The van der Waals surface area contributed by atoms with Crippen molar-refractivity contribution >= 4 is 69.9 Å². The molecule has 12 heteroatoms. The number of carbonyl (C=O) groups is 4. The Morgan fingerprint density at radius 2 is 1.32 bits per heavy atom. The Labute approximate surface area is 288 Å². The number of hydrazone groups is 1. The summed E-state index contributed by atoms with van der Waals surface area (Å²) in [6.45, 7) is 3.94. The summed E-state index contributed by atoms with van der Waals surface area (Å²) in [4.78, 5) is 49.2. The maximum absolute atomic E-state index is 12.8. The van der Waals surface area contributed by atoms with Gasteiger partial charge in [0.15, 0.2) is 0 Å². The molecule has 0 bridgehead atoms. The lowest BCUT2D eigenvalue weighted by molar-refractivity contribution is -0.117. The number of esters is 1. The standard InChI is InChI=1S/C35H47Cl2N5O5/c1-3-4-5-6-7-8-9-10-11-12-13-14-15-16-20-47-34(45)26-21-29(36)33(30(37)22-26)42-32(44)24-31(41-42)40-35(46)39-28-19-17-18-27(23-28)38-25(2)43/h17-19,21-23H,3-16,20,24H2,1-2H3,(H,38,43)(H2,39,40,41,46). The molecule has 0 spiro atoms. The van der Waals surface area contributed by atoms with Gasteiger partial charge in [-0.05, 0) is 36.8 Å². The van der Waals surface area contributed by atoms with Crippen LogP contribution in [-0.2, 0) is 14.3 Å². The van der Waals surface area contributed by atoms with Crippen molar-refractivity contribution in [3.8, 4) is 0 Å². The first-order valence-corrected chi connectivity index (χ1v) is 17.5. The molecule has 1 heterocycles. The van der Waals surface area contributed by atoms with E-state index in [4.69, 9.17) is 27.9 Å². The predicted molar refractivity (Wildman–Crippen MR) is 189 cm³/mol. The minimum Gasteiger partial charge on any atom is -0.462 e. The van der Waals surface area contributed by atoms with Crippen LogP contribution in [0.2, 0.25) is 10.0 Å². The fourth-order valence-corrected chi connectivity index (χ4v) is 5.92. The lowest BCUT2D eigenvalue weighted by Gasteiger charge is -2.16. The van der Waals surface area contributed by atoms with Gasteiger partial charge in [-0.2, -0.15) is 10.1 Å². The number of amides is 4. The Hall–Kier alpha value is -3.63. The van der Waals surface area contributed by atoms with Crippen LogP contribution in [0.15, 0.2) is 41.5 Å². The van der Waals surface area contributed by atoms with Crippen LogP contribution in [0.4, 0.5) is 21.9 Å². The van der Waals surface area contributed by atoms with Gasteiger partial charge in [0, 0.05) is 18.3 Å². The largest absolute Gasteiger partial charge is 0.462 e. The van der Waals surface area contributed by atoms with Crippen LogP contribution in [0, 0.1) is 0 Å². The quantitative estimate of drug-likeness (QED) is 0.100. The average Bonchev–Trinajstić information content (AvgIpc) is 3.36. The first kappa shape index (κ1) is 37.8. The third-order valence-corrected chi connectivity index (χ3v) is 8.25. The van der Waals surface area contributed by atoms with E-state index >= 15 is 0 Å². The zero-order valence-electron chi connectivity index (χ0n) is 27.5. The number of urea groups is 1. The summed E-state index contributed by atoms with van der Waals surface area (Å²) in [7, 11) is 0. The average molecular weight is 689 g/mol. The Kier molecular flexibility index (Phi) is 16.6. The van der Waals surface area contributed by atoms with Gasteiger partial charge < -0.3 is 15.4 Å². The topological polar surface area (TPSA) is 129 Å². The number of hydrogen-bond donors (Lipinski definition) is 3. The van der Waals surface area contributed by atoms with Gasteiger partial charge in [0.05, 0.1) is 28.6 Å². The molecular formula is C35H47Cl2N5O5. The van der Waals surface area contributed by atoms with Gasteiger partial charge in [-0.25, -0.2) is 9.59 Å². The van der Waals surface area contributed by atoms with Gasteiger partial charge in [0.1, 0.15) is 11.5 Å². The molecule has 0 aromatic heterocycles. The van der Waals surface area contributed by atoms with E-state index in [9.17, 15) is 19.2 Å². The molecule has 1 aliphatic heterocycles. The highest BCUT2D eigenvalue weighted by molar-refractivity contribution is 6.41. The first-order valence-electron chi connectivity index (χ1n) is 16.7. The maximum Gasteiger partial charge on any atom is 0.338 e. The number of unbranched alkanes of at least 4 members (excludes halogenated alkanes) is 13. The lowest BCUT2D eigenvalue weighted by atomic mass is 10.0. The molecule has 4 amide bonds. The van der Waals surface area contributed by atoms with Gasteiger partial charge in [-0.3, -0.25) is 14.9 Å². The summed E-state index contributed by atoms with van der Waals surface area (Å²) in [5.74, 6) is -1.18. The number of anilines is 3. The second-order valence-corrected chi connectivity index (χ2v) is 12.6. The van der Waals surface area contributed by atoms with E-state index in [1.54, 1.807) is 24.3 Å². The third-order valence-electron chi connectivity index (χ3n) is 7.67. The Balaban J connectivity index is 1.39. The van der Waals surface area contributed by atoms with Crippen LogP contribution in [-0.4, -0.2) is 36.3 Å². The van der Waals surface area contributed by atoms with Crippen molar-refractivity contribution in [1.29, 1.82) is 0 Å². The fraction of sp³-hybridized carbons (Fsp3) is 0.514. The van der Waals surface area contributed by atoms with Crippen LogP contribution in [0.5, 0.6) is 0 Å². The zero-order valence-corrected chi connectivity index (χ0v) is 29.0. The van der Waals surface area contributed by atoms with Crippen LogP contribution in [0.3, 0.4) is 0 Å².